The van der Waals surface area contributed by atoms with Crippen molar-refractivity contribution in [3.05, 3.63) is 143 Å². The van der Waals surface area contributed by atoms with Crippen LogP contribution >= 0.6 is 0 Å². The average molecular weight is 731 g/mol. The van der Waals surface area contributed by atoms with Crippen LogP contribution < -0.4 is 30.7 Å². The van der Waals surface area contributed by atoms with Crippen LogP contribution in [0.5, 0.6) is 11.5 Å². The number of unbranched alkanes of at least 4 members (excludes halogenated alkanes) is 3. The van der Waals surface area contributed by atoms with Crippen molar-refractivity contribution >= 4 is 35.8 Å². The Hall–Kier alpha value is -6.16. The van der Waals surface area contributed by atoms with Crippen LogP contribution in [0.3, 0.4) is 0 Å². The molecule has 0 saturated heterocycles. The third kappa shape index (κ3) is 14.1. The van der Waals surface area contributed by atoms with Crippen molar-refractivity contribution in [1.82, 2.24) is 21.3 Å². The molecule has 0 aromatic heterocycles. The van der Waals surface area contributed by atoms with E-state index in [4.69, 9.17) is 9.47 Å². The van der Waals surface area contributed by atoms with Crippen molar-refractivity contribution in [2.45, 2.75) is 65.6 Å². The number of hydrogen-bond donors (Lipinski definition) is 4. The molecule has 0 spiro atoms. The molecule has 10 nitrogen and oxygen atoms in total. The second-order valence-electron chi connectivity index (χ2n) is 13.2. The Morgan fingerprint density at radius 1 is 0.500 bits per heavy atom. The van der Waals surface area contributed by atoms with Gasteiger partial charge in [-0.2, -0.15) is 0 Å². The maximum atomic E-state index is 13.2. The van der Waals surface area contributed by atoms with Crippen LogP contribution in [0.15, 0.2) is 121 Å². The fraction of sp³-hybridized carbons (Fsp3) is 0.273. The van der Waals surface area contributed by atoms with Gasteiger partial charge in [0.05, 0.1) is 12.2 Å². The van der Waals surface area contributed by atoms with Crippen LogP contribution in [0, 0.1) is 0 Å². The molecule has 4 aromatic carbocycles. The number of carbonyl (C=O) groups is 4. The molecule has 0 heterocycles. The molecular weight excluding hydrogens is 681 g/mol. The molecule has 0 aliphatic rings. The maximum absolute atomic E-state index is 13.2. The first-order chi connectivity index (χ1) is 26.1. The summed E-state index contributed by atoms with van der Waals surface area (Å²) in [5.74, 6) is -0.130. The molecule has 0 unspecified atom stereocenters. The summed E-state index contributed by atoms with van der Waals surface area (Å²) in [6, 6.07) is 32.0. The van der Waals surface area contributed by atoms with Crippen LogP contribution in [0.2, 0.25) is 0 Å². The predicted octanol–water partition coefficient (Wildman–Crippen LogP) is 7.30. The summed E-state index contributed by atoms with van der Waals surface area (Å²) >= 11 is 0. The molecule has 4 amide bonds. The lowest BCUT2D eigenvalue weighted by atomic mass is 10.1. The zero-order valence-corrected chi connectivity index (χ0v) is 31.4. The minimum Gasteiger partial charge on any atom is -0.491 e. The van der Waals surface area contributed by atoms with E-state index in [0.717, 1.165) is 24.0 Å². The van der Waals surface area contributed by atoms with Crippen molar-refractivity contribution in [3.63, 3.8) is 0 Å². The van der Waals surface area contributed by atoms with Crippen molar-refractivity contribution in [1.29, 1.82) is 0 Å². The number of hydrogen-bond acceptors (Lipinski definition) is 6. The molecule has 0 fully saturated rings. The van der Waals surface area contributed by atoms with Crippen molar-refractivity contribution in [3.8, 4) is 11.5 Å². The molecule has 0 saturated carbocycles. The lowest BCUT2D eigenvalue weighted by Gasteiger charge is -2.13. The van der Waals surface area contributed by atoms with Crippen molar-refractivity contribution < 1.29 is 28.7 Å². The lowest BCUT2D eigenvalue weighted by Crippen LogP contribution is -2.35. The average Bonchev–Trinajstić information content (AvgIpc) is 3.16. The minimum absolute atomic E-state index is 0.0332. The molecule has 0 bridgehead atoms. The van der Waals surface area contributed by atoms with Crippen LogP contribution in [0.25, 0.3) is 12.2 Å². The number of amides is 4. The topological polar surface area (TPSA) is 135 Å². The van der Waals surface area contributed by atoms with Gasteiger partial charge in [0.25, 0.3) is 23.6 Å². The third-order valence-electron chi connectivity index (χ3n) is 7.86. The van der Waals surface area contributed by atoms with Gasteiger partial charge in [-0.3, -0.25) is 19.2 Å². The van der Waals surface area contributed by atoms with Gasteiger partial charge < -0.3 is 30.7 Å². The summed E-state index contributed by atoms with van der Waals surface area (Å²) in [6.07, 6.45) is 6.36. The Bertz CT molecular complexity index is 1730. The quantitative estimate of drug-likeness (QED) is 0.0591. The molecule has 0 aliphatic heterocycles. The Balaban J connectivity index is 1.27. The van der Waals surface area contributed by atoms with E-state index in [9.17, 15) is 19.2 Å². The minimum atomic E-state index is -0.395. The van der Waals surface area contributed by atoms with Crippen LogP contribution in [-0.4, -0.2) is 48.9 Å². The van der Waals surface area contributed by atoms with E-state index >= 15 is 0 Å². The van der Waals surface area contributed by atoms with E-state index in [0.29, 0.717) is 48.6 Å². The Morgan fingerprint density at radius 2 is 0.852 bits per heavy atom. The highest BCUT2D eigenvalue weighted by molar-refractivity contribution is 6.06. The number of benzene rings is 4. The van der Waals surface area contributed by atoms with E-state index in [1.54, 1.807) is 60.7 Å². The predicted molar refractivity (Wildman–Crippen MR) is 213 cm³/mol. The molecule has 0 atom stereocenters. The summed E-state index contributed by atoms with van der Waals surface area (Å²) in [5, 5.41) is 11.4. The monoisotopic (exact) mass is 730 g/mol. The summed E-state index contributed by atoms with van der Waals surface area (Å²) in [5.41, 5.74) is 2.61. The Kier molecular flexibility index (Phi) is 16.1. The smallest absolute Gasteiger partial charge is 0.267 e. The highest BCUT2D eigenvalue weighted by Crippen LogP contribution is 2.17. The number of rotatable bonds is 19. The van der Waals surface area contributed by atoms with Gasteiger partial charge in [0.2, 0.25) is 0 Å². The molecule has 4 N–H and O–H groups in total. The van der Waals surface area contributed by atoms with Crippen LogP contribution in [0.4, 0.5) is 0 Å². The number of carbonyl (C=O) groups excluding carboxylic acids is 4. The third-order valence-corrected chi connectivity index (χ3v) is 7.86. The number of ether oxygens (including phenoxy) is 2. The maximum Gasteiger partial charge on any atom is 0.267 e. The second kappa shape index (κ2) is 21.4. The van der Waals surface area contributed by atoms with Gasteiger partial charge in [-0.05, 0) is 112 Å². The van der Waals surface area contributed by atoms with Gasteiger partial charge >= 0.3 is 0 Å². The highest BCUT2D eigenvalue weighted by Gasteiger charge is 2.16. The first-order valence-corrected chi connectivity index (χ1v) is 18.3. The van der Waals surface area contributed by atoms with Gasteiger partial charge in [-0.15, -0.1) is 0 Å². The SMILES string of the molecule is CC(C)Oc1ccc(/C=C(\NC(=O)c2ccccc2)C(=O)NCCCCCCNC(=O)/C(=C/c2ccc(OC(C)C)cc2)NC(=O)c2ccccc2)cc1. The largest absolute Gasteiger partial charge is 0.491 e. The van der Waals surface area contributed by atoms with Gasteiger partial charge in [0, 0.05) is 24.2 Å². The molecule has 54 heavy (non-hydrogen) atoms. The first kappa shape index (κ1) is 40.6. The fourth-order valence-electron chi connectivity index (χ4n) is 5.25. The lowest BCUT2D eigenvalue weighted by molar-refractivity contribution is -0.118. The van der Waals surface area contributed by atoms with Crippen molar-refractivity contribution in [2.24, 2.45) is 0 Å². The fourth-order valence-corrected chi connectivity index (χ4v) is 5.25. The summed E-state index contributed by atoms with van der Waals surface area (Å²) in [6.45, 7) is 8.61. The highest BCUT2D eigenvalue weighted by atomic mass is 16.5. The molecule has 4 rings (SSSR count). The van der Waals surface area contributed by atoms with E-state index in [-0.39, 0.29) is 35.4 Å². The first-order valence-electron chi connectivity index (χ1n) is 18.3. The van der Waals surface area contributed by atoms with Crippen molar-refractivity contribution in [2.75, 3.05) is 13.1 Å². The molecule has 0 radical (unpaired) electrons. The van der Waals surface area contributed by atoms with Gasteiger partial charge in [0.1, 0.15) is 22.9 Å². The number of nitrogens with one attached hydrogen (secondary N) is 4. The van der Waals surface area contributed by atoms with Gasteiger partial charge in [-0.25, -0.2) is 0 Å². The Labute approximate surface area is 318 Å². The molecule has 282 valence electrons. The van der Waals surface area contributed by atoms with E-state index < -0.39 is 11.8 Å². The Morgan fingerprint density at radius 3 is 1.19 bits per heavy atom. The summed E-state index contributed by atoms with van der Waals surface area (Å²) in [4.78, 5) is 52.4. The molecule has 10 heteroatoms. The molecular formula is C44H50N4O6. The second-order valence-corrected chi connectivity index (χ2v) is 13.2. The van der Waals surface area contributed by atoms with Gasteiger partial charge in [-0.1, -0.05) is 73.5 Å². The normalized spacial score (nSPS) is 11.5. The van der Waals surface area contributed by atoms with E-state index in [1.807, 2.05) is 88.4 Å². The van der Waals surface area contributed by atoms with Crippen LogP contribution in [0.1, 0.15) is 85.2 Å². The van der Waals surface area contributed by atoms with E-state index in [1.165, 1.54) is 0 Å². The zero-order valence-electron chi connectivity index (χ0n) is 31.4. The summed E-state index contributed by atoms with van der Waals surface area (Å²) < 4.78 is 11.4. The molecule has 0 aliphatic carbocycles. The van der Waals surface area contributed by atoms with E-state index in [2.05, 4.69) is 21.3 Å². The van der Waals surface area contributed by atoms with Crippen LogP contribution in [-0.2, 0) is 9.59 Å². The van der Waals surface area contributed by atoms with Gasteiger partial charge in [0.15, 0.2) is 0 Å². The standard InChI is InChI=1S/C44H50N4O6/c1-31(2)53-37-23-19-33(20-24-37)29-39(47-41(49)35-15-9-7-10-16-35)43(51)45-27-13-5-6-14-28-46-44(52)40(48-42(50)36-17-11-8-12-18-36)30-34-21-25-38(26-22-34)54-32(3)4/h7-12,15-26,29-32H,5-6,13-14,27-28H2,1-4H3,(H,45,51)(H,46,52)(H,47,49)(H,48,50)/b39-29-,40-30-. The molecule has 4 aromatic rings. The summed E-state index contributed by atoms with van der Waals surface area (Å²) in [7, 11) is 0. The zero-order chi connectivity index (χ0) is 38.7.